The van der Waals surface area contributed by atoms with Crippen molar-refractivity contribution in [1.82, 2.24) is 5.32 Å². The molecule has 1 aliphatic rings. The normalized spacial score (nSPS) is 30.6. The molecule has 0 radical (unpaired) electrons. The van der Waals surface area contributed by atoms with Crippen LogP contribution in [0.5, 0.6) is 0 Å². The van der Waals surface area contributed by atoms with Crippen molar-refractivity contribution in [2.45, 2.75) is 52.6 Å². The van der Waals surface area contributed by atoms with Crippen LogP contribution >= 0.6 is 0 Å². The van der Waals surface area contributed by atoms with Crippen molar-refractivity contribution >= 4 is 0 Å². The van der Waals surface area contributed by atoms with Gasteiger partial charge in [-0.05, 0) is 49.7 Å². The van der Waals surface area contributed by atoms with E-state index in [1.165, 1.54) is 24.8 Å². The first-order chi connectivity index (χ1) is 7.66. The van der Waals surface area contributed by atoms with Crippen molar-refractivity contribution < 1.29 is 4.42 Å². The van der Waals surface area contributed by atoms with E-state index in [0.717, 1.165) is 24.1 Å². The third-order valence-corrected chi connectivity index (χ3v) is 4.12. The van der Waals surface area contributed by atoms with Gasteiger partial charge in [-0.1, -0.05) is 13.8 Å². The zero-order chi connectivity index (χ0) is 11.5. The van der Waals surface area contributed by atoms with Crippen LogP contribution in [0.1, 0.15) is 44.4 Å². The molecule has 3 unspecified atom stereocenters. The molecular formula is C14H23NO. The van der Waals surface area contributed by atoms with Gasteiger partial charge in [-0.25, -0.2) is 0 Å². The van der Waals surface area contributed by atoms with E-state index in [1.54, 1.807) is 6.26 Å². The lowest BCUT2D eigenvalue weighted by Crippen LogP contribution is -2.35. The second-order valence-electron chi connectivity index (χ2n) is 5.37. The molecule has 1 aliphatic carbocycles. The van der Waals surface area contributed by atoms with E-state index in [1.807, 2.05) is 6.07 Å². The van der Waals surface area contributed by atoms with Crippen LogP contribution in [0.2, 0.25) is 0 Å². The molecule has 0 amide bonds. The van der Waals surface area contributed by atoms with Crippen LogP contribution in [-0.4, -0.2) is 6.04 Å². The Bertz CT molecular complexity index is 331. The summed E-state index contributed by atoms with van der Waals surface area (Å²) in [7, 11) is 0. The fourth-order valence-electron chi connectivity index (χ4n) is 2.56. The highest BCUT2D eigenvalue weighted by atomic mass is 16.3. The second-order valence-corrected chi connectivity index (χ2v) is 5.37. The third kappa shape index (κ3) is 2.67. The van der Waals surface area contributed by atoms with Gasteiger partial charge >= 0.3 is 0 Å². The maximum atomic E-state index is 5.44. The predicted octanol–water partition coefficient (Wildman–Crippen LogP) is 3.50. The third-order valence-electron chi connectivity index (χ3n) is 4.12. The minimum atomic E-state index is 0.677. The summed E-state index contributed by atoms with van der Waals surface area (Å²) in [5, 5.41) is 3.62. The standard InChI is InChI=1S/C14H23NO/c1-10-4-5-13(8-12(10)3)15-9-14-11(2)6-7-16-14/h6-7,10,12-13,15H,4-5,8-9H2,1-3H3. The highest BCUT2D eigenvalue weighted by Crippen LogP contribution is 2.29. The van der Waals surface area contributed by atoms with Gasteiger partial charge in [0.05, 0.1) is 12.8 Å². The molecule has 0 spiro atoms. The van der Waals surface area contributed by atoms with Crippen molar-refractivity contribution in [2.24, 2.45) is 11.8 Å². The van der Waals surface area contributed by atoms with Crippen molar-refractivity contribution in [1.29, 1.82) is 0 Å². The molecule has 0 saturated heterocycles. The van der Waals surface area contributed by atoms with Crippen molar-refractivity contribution in [2.75, 3.05) is 0 Å². The zero-order valence-electron chi connectivity index (χ0n) is 10.6. The van der Waals surface area contributed by atoms with Gasteiger partial charge in [-0.15, -0.1) is 0 Å². The summed E-state index contributed by atoms with van der Waals surface area (Å²) in [5.74, 6) is 2.83. The number of hydrogen-bond acceptors (Lipinski definition) is 2. The van der Waals surface area contributed by atoms with Crippen LogP contribution in [-0.2, 0) is 6.54 Å². The molecule has 2 heteroatoms. The van der Waals surface area contributed by atoms with Crippen LogP contribution in [0.4, 0.5) is 0 Å². The molecule has 0 aromatic carbocycles. The number of nitrogens with one attached hydrogen (secondary N) is 1. The number of hydrogen-bond donors (Lipinski definition) is 1. The molecule has 0 aliphatic heterocycles. The fourth-order valence-corrected chi connectivity index (χ4v) is 2.56. The largest absolute Gasteiger partial charge is 0.468 e. The van der Waals surface area contributed by atoms with E-state index in [-0.39, 0.29) is 0 Å². The van der Waals surface area contributed by atoms with Crippen LogP contribution in [0.15, 0.2) is 16.7 Å². The van der Waals surface area contributed by atoms with E-state index in [9.17, 15) is 0 Å². The summed E-state index contributed by atoms with van der Waals surface area (Å²) in [6.45, 7) is 7.73. The molecule has 16 heavy (non-hydrogen) atoms. The Balaban J connectivity index is 1.81. The first-order valence-corrected chi connectivity index (χ1v) is 6.43. The topological polar surface area (TPSA) is 25.2 Å². The first-order valence-electron chi connectivity index (χ1n) is 6.43. The Kier molecular flexibility index (Phi) is 3.70. The van der Waals surface area contributed by atoms with Crippen molar-refractivity contribution in [3.8, 4) is 0 Å². The highest BCUT2D eigenvalue weighted by Gasteiger charge is 2.24. The highest BCUT2D eigenvalue weighted by molar-refractivity contribution is 5.14. The summed E-state index contributed by atoms with van der Waals surface area (Å²) in [5.41, 5.74) is 1.25. The molecule has 90 valence electrons. The van der Waals surface area contributed by atoms with Crippen LogP contribution in [0.3, 0.4) is 0 Å². The fraction of sp³-hybridized carbons (Fsp3) is 0.714. The van der Waals surface area contributed by atoms with Gasteiger partial charge in [-0.3, -0.25) is 0 Å². The van der Waals surface area contributed by atoms with Gasteiger partial charge in [0.1, 0.15) is 5.76 Å². The molecule has 1 fully saturated rings. The lowest BCUT2D eigenvalue weighted by Gasteiger charge is -2.32. The van der Waals surface area contributed by atoms with Gasteiger partial charge in [0.2, 0.25) is 0 Å². The summed E-state index contributed by atoms with van der Waals surface area (Å²) < 4.78 is 5.44. The minimum absolute atomic E-state index is 0.677. The van der Waals surface area contributed by atoms with Crippen molar-refractivity contribution in [3.63, 3.8) is 0 Å². The predicted molar refractivity (Wildman–Crippen MR) is 66.3 cm³/mol. The van der Waals surface area contributed by atoms with Crippen LogP contribution in [0.25, 0.3) is 0 Å². The monoisotopic (exact) mass is 221 g/mol. The van der Waals surface area contributed by atoms with Crippen LogP contribution in [0, 0.1) is 18.8 Å². The van der Waals surface area contributed by atoms with E-state index in [4.69, 9.17) is 4.42 Å². The molecule has 1 aromatic heterocycles. The van der Waals surface area contributed by atoms with Gasteiger partial charge in [-0.2, -0.15) is 0 Å². The number of aryl methyl sites for hydroxylation is 1. The molecule has 2 nitrogen and oxygen atoms in total. The molecule has 1 saturated carbocycles. The molecule has 0 bridgehead atoms. The Morgan fingerprint density at radius 1 is 1.31 bits per heavy atom. The van der Waals surface area contributed by atoms with Crippen LogP contribution < -0.4 is 5.32 Å². The molecule has 3 atom stereocenters. The SMILES string of the molecule is Cc1ccoc1CNC1CCC(C)C(C)C1. The smallest absolute Gasteiger partial charge is 0.120 e. The Morgan fingerprint density at radius 2 is 2.12 bits per heavy atom. The van der Waals surface area contributed by atoms with Gasteiger partial charge < -0.3 is 9.73 Å². The molecule has 2 rings (SSSR count). The average Bonchev–Trinajstić information content (AvgIpc) is 2.66. The molecule has 1 N–H and O–H groups in total. The first kappa shape index (κ1) is 11.7. The average molecular weight is 221 g/mol. The summed E-state index contributed by atoms with van der Waals surface area (Å²) in [6.07, 6.45) is 5.75. The zero-order valence-corrected chi connectivity index (χ0v) is 10.6. The number of furan rings is 1. The summed E-state index contributed by atoms with van der Waals surface area (Å²) >= 11 is 0. The van der Waals surface area contributed by atoms with E-state index < -0.39 is 0 Å². The summed E-state index contributed by atoms with van der Waals surface area (Å²) in [4.78, 5) is 0. The Labute approximate surface area is 98.4 Å². The Morgan fingerprint density at radius 3 is 2.75 bits per heavy atom. The lowest BCUT2D eigenvalue weighted by atomic mass is 9.79. The van der Waals surface area contributed by atoms with E-state index in [0.29, 0.717) is 6.04 Å². The van der Waals surface area contributed by atoms with Gasteiger partial charge in [0.15, 0.2) is 0 Å². The quantitative estimate of drug-likeness (QED) is 0.845. The van der Waals surface area contributed by atoms with E-state index >= 15 is 0 Å². The lowest BCUT2D eigenvalue weighted by molar-refractivity contribution is 0.223. The maximum Gasteiger partial charge on any atom is 0.120 e. The molecule has 1 aromatic rings. The Hall–Kier alpha value is -0.760. The maximum absolute atomic E-state index is 5.44. The van der Waals surface area contributed by atoms with Gasteiger partial charge in [0, 0.05) is 6.04 Å². The second kappa shape index (κ2) is 5.05. The molecular weight excluding hydrogens is 198 g/mol. The summed E-state index contributed by atoms with van der Waals surface area (Å²) in [6, 6.07) is 2.71. The molecule has 1 heterocycles. The van der Waals surface area contributed by atoms with E-state index in [2.05, 4.69) is 26.1 Å². The van der Waals surface area contributed by atoms with Crippen molar-refractivity contribution in [3.05, 3.63) is 23.7 Å². The minimum Gasteiger partial charge on any atom is -0.468 e. The number of rotatable bonds is 3. The van der Waals surface area contributed by atoms with Gasteiger partial charge in [0.25, 0.3) is 0 Å².